The number of benzene rings is 4. The van der Waals surface area contributed by atoms with Crippen molar-refractivity contribution in [1.82, 2.24) is 10.2 Å². The molecule has 246 valence electrons. The number of anilines is 1. The number of nitrogens with zero attached hydrogens (tertiary/aromatic N) is 2. The van der Waals surface area contributed by atoms with E-state index in [4.69, 9.17) is 34.8 Å². The highest BCUT2D eigenvalue weighted by Crippen LogP contribution is 2.30. The molecule has 1 atom stereocenters. The zero-order valence-electron chi connectivity index (χ0n) is 25.3. The Kier molecular flexibility index (Phi) is 11.5. The summed E-state index contributed by atoms with van der Waals surface area (Å²) < 4.78 is 43.2. The van der Waals surface area contributed by atoms with Crippen molar-refractivity contribution in [3.05, 3.63) is 129 Å². The summed E-state index contributed by atoms with van der Waals surface area (Å²) in [5.74, 6) is -1.79. The Balaban J connectivity index is 1.59. The number of carbonyl (C=O) groups excluding carboxylic acids is 2. The lowest BCUT2D eigenvalue weighted by molar-refractivity contribution is -0.140. The van der Waals surface area contributed by atoms with E-state index in [0.717, 1.165) is 47.7 Å². The van der Waals surface area contributed by atoms with Gasteiger partial charge in [-0.25, -0.2) is 12.8 Å². The zero-order valence-corrected chi connectivity index (χ0v) is 28.4. The summed E-state index contributed by atoms with van der Waals surface area (Å²) in [4.78, 5) is 29.9. The number of nitrogens with one attached hydrogen (secondary N) is 1. The van der Waals surface area contributed by atoms with Crippen molar-refractivity contribution in [3.63, 3.8) is 0 Å². The minimum absolute atomic E-state index is 0.0203. The molecule has 0 heterocycles. The van der Waals surface area contributed by atoms with E-state index < -0.39 is 34.3 Å². The average molecular weight is 717 g/mol. The average Bonchev–Trinajstić information content (AvgIpc) is 3.57. The van der Waals surface area contributed by atoms with Crippen molar-refractivity contribution in [2.75, 3.05) is 10.8 Å². The zero-order chi connectivity index (χ0) is 33.6. The van der Waals surface area contributed by atoms with Gasteiger partial charge >= 0.3 is 0 Å². The number of hydrogen-bond donors (Lipinski definition) is 1. The summed E-state index contributed by atoms with van der Waals surface area (Å²) in [6.45, 7) is -0.833. The first kappa shape index (κ1) is 34.7. The summed E-state index contributed by atoms with van der Waals surface area (Å²) in [5, 5.41) is 3.48. The van der Waals surface area contributed by atoms with Crippen LogP contribution in [0.3, 0.4) is 0 Å². The molecule has 4 aromatic rings. The Morgan fingerprint density at radius 2 is 1.51 bits per heavy atom. The molecule has 0 bridgehead atoms. The molecule has 7 nitrogen and oxygen atoms in total. The van der Waals surface area contributed by atoms with Crippen LogP contribution in [0.5, 0.6) is 0 Å². The molecule has 47 heavy (non-hydrogen) atoms. The van der Waals surface area contributed by atoms with Gasteiger partial charge in [-0.1, -0.05) is 102 Å². The van der Waals surface area contributed by atoms with Gasteiger partial charge in [-0.15, -0.1) is 0 Å². The molecule has 2 amide bonds. The molecule has 12 heteroatoms. The van der Waals surface area contributed by atoms with Crippen molar-refractivity contribution in [1.29, 1.82) is 0 Å². The fraction of sp³-hybridized carbons (Fsp3) is 0.257. The number of hydrogen-bond acceptors (Lipinski definition) is 4. The SMILES string of the molecule is O=C(NC1CCCC1)C(Cc1ccccc1)N(Cc1ccc(Cl)cc1Cl)C(=O)CN(c1ccc(F)c(Cl)c1)S(=O)(=O)c1ccccc1. The largest absolute Gasteiger partial charge is 0.352 e. The highest BCUT2D eigenvalue weighted by Gasteiger charge is 2.36. The summed E-state index contributed by atoms with van der Waals surface area (Å²) in [7, 11) is -4.36. The third-order valence-corrected chi connectivity index (χ3v) is 10.8. The van der Waals surface area contributed by atoms with Gasteiger partial charge in [-0.2, -0.15) is 0 Å². The van der Waals surface area contributed by atoms with Crippen LogP contribution in [0, 0.1) is 5.82 Å². The van der Waals surface area contributed by atoms with Crippen LogP contribution in [0.1, 0.15) is 36.8 Å². The maximum Gasteiger partial charge on any atom is 0.264 e. The molecule has 0 aromatic heterocycles. The fourth-order valence-electron chi connectivity index (χ4n) is 5.64. The second-order valence-electron chi connectivity index (χ2n) is 11.4. The molecule has 1 fully saturated rings. The van der Waals surface area contributed by atoms with Gasteiger partial charge in [0.25, 0.3) is 10.0 Å². The van der Waals surface area contributed by atoms with Gasteiger partial charge < -0.3 is 10.2 Å². The Morgan fingerprint density at radius 3 is 2.15 bits per heavy atom. The second kappa shape index (κ2) is 15.5. The minimum atomic E-state index is -4.36. The quantitative estimate of drug-likeness (QED) is 0.163. The summed E-state index contributed by atoms with van der Waals surface area (Å²) in [6.07, 6.45) is 3.79. The Hall–Kier alpha value is -3.63. The Bertz CT molecular complexity index is 1820. The molecule has 0 aliphatic heterocycles. The van der Waals surface area contributed by atoms with Crippen LogP contribution in [0.25, 0.3) is 0 Å². The summed E-state index contributed by atoms with van der Waals surface area (Å²) in [5.41, 5.74) is 1.30. The molecular formula is C35H33Cl3FN3O4S. The summed E-state index contributed by atoms with van der Waals surface area (Å²) >= 11 is 18.8. The minimum Gasteiger partial charge on any atom is -0.352 e. The monoisotopic (exact) mass is 715 g/mol. The van der Waals surface area contributed by atoms with Gasteiger partial charge in [0.1, 0.15) is 18.4 Å². The first-order chi connectivity index (χ1) is 22.5. The Morgan fingerprint density at radius 1 is 0.851 bits per heavy atom. The number of carbonyl (C=O) groups is 2. The van der Waals surface area contributed by atoms with Crippen LogP contribution in [0.4, 0.5) is 10.1 Å². The van der Waals surface area contributed by atoms with Gasteiger partial charge in [0.05, 0.1) is 15.6 Å². The lowest BCUT2D eigenvalue weighted by Gasteiger charge is -2.34. The maximum absolute atomic E-state index is 14.6. The van der Waals surface area contributed by atoms with Crippen LogP contribution in [0.2, 0.25) is 15.1 Å². The van der Waals surface area contributed by atoms with E-state index in [1.807, 2.05) is 30.3 Å². The highest BCUT2D eigenvalue weighted by atomic mass is 35.5. The van der Waals surface area contributed by atoms with Crippen molar-refractivity contribution >= 4 is 62.3 Å². The van der Waals surface area contributed by atoms with Crippen LogP contribution in [-0.4, -0.2) is 43.8 Å². The van der Waals surface area contributed by atoms with Gasteiger partial charge in [0.15, 0.2) is 0 Å². The van der Waals surface area contributed by atoms with E-state index >= 15 is 0 Å². The molecule has 0 radical (unpaired) electrons. The summed E-state index contributed by atoms with van der Waals surface area (Å²) in [6, 6.07) is 24.0. The van der Waals surface area contributed by atoms with Crippen LogP contribution in [-0.2, 0) is 32.6 Å². The molecule has 1 N–H and O–H groups in total. The van der Waals surface area contributed by atoms with Gasteiger partial charge in [0.2, 0.25) is 11.8 Å². The lowest BCUT2D eigenvalue weighted by atomic mass is 10.0. The van der Waals surface area contributed by atoms with Gasteiger partial charge in [-0.05, 0) is 66.4 Å². The van der Waals surface area contributed by atoms with Crippen molar-refractivity contribution in [2.24, 2.45) is 0 Å². The van der Waals surface area contributed by atoms with E-state index in [1.165, 1.54) is 23.1 Å². The van der Waals surface area contributed by atoms with E-state index in [-0.39, 0.29) is 45.5 Å². The molecule has 5 rings (SSSR count). The van der Waals surface area contributed by atoms with Crippen molar-refractivity contribution in [3.8, 4) is 0 Å². The molecule has 1 aliphatic rings. The van der Waals surface area contributed by atoms with Gasteiger partial charge in [0, 0.05) is 29.1 Å². The van der Waals surface area contributed by atoms with Crippen molar-refractivity contribution < 1.29 is 22.4 Å². The molecule has 1 unspecified atom stereocenters. The topological polar surface area (TPSA) is 86.8 Å². The van der Waals surface area contributed by atoms with E-state index in [0.29, 0.717) is 10.6 Å². The number of halogens is 4. The maximum atomic E-state index is 14.6. The predicted octanol–water partition coefficient (Wildman–Crippen LogP) is 7.68. The first-order valence-corrected chi connectivity index (χ1v) is 17.7. The molecule has 0 spiro atoms. The van der Waals surface area contributed by atoms with Crippen molar-refractivity contribution in [2.45, 2.75) is 55.6 Å². The predicted molar refractivity (Wildman–Crippen MR) is 184 cm³/mol. The van der Waals surface area contributed by atoms with Crippen LogP contribution in [0.15, 0.2) is 102 Å². The molecule has 4 aromatic carbocycles. The molecular weight excluding hydrogens is 684 g/mol. The third kappa shape index (κ3) is 8.65. The standard InChI is InChI=1S/C35H33Cl3FN3O4S/c36-26-16-15-25(30(37)20-26)22-41(33(19-24-9-3-1-4-10-24)35(44)40-27-11-7-8-12-27)34(43)23-42(28-17-18-32(39)31(38)21-28)47(45,46)29-13-5-2-6-14-29/h1-6,9-10,13-18,20-21,27,33H,7-8,11-12,19,22-23H2,(H,40,44). The number of sulfonamides is 1. The molecule has 0 saturated heterocycles. The highest BCUT2D eigenvalue weighted by molar-refractivity contribution is 7.92. The fourth-order valence-corrected chi connectivity index (χ4v) is 7.71. The lowest BCUT2D eigenvalue weighted by Crippen LogP contribution is -2.54. The second-order valence-corrected chi connectivity index (χ2v) is 14.5. The number of amides is 2. The van der Waals surface area contributed by atoms with Crippen LogP contribution < -0.4 is 9.62 Å². The van der Waals surface area contributed by atoms with E-state index in [2.05, 4.69) is 5.32 Å². The van der Waals surface area contributed by atoms with E-state index in [1.54, 1.807) is 36.4 Å². The first-order valence-electron chi connectivity index (χ1n) is 15.1. The Labute approximate surface area is 289 Å². The van der Waals surface area contributed by atoms with Gasteiger partial charge in [-0.3, -0.25) is 13.9 Å². The normalized spacial score (nSPS) is 14.0. The van der Waals surface area contributed by atoms with E-state index in [9.17, 15) is 22.4 Å². The third-order valence-electron chi connectivity index (χ3n) is 8.13. The number of rotatable bonds is 12. The smallest absolute Gasteiger partial charge is 0.264 e. The van der Waals surface area contributed by atoms with Crippen LogP contribution >= 0.6 is 34.8 Å². The molecule has 1 aliphatic carbocycles. The molecule has 1 saturated carbocycles.